The number of nitrogens with zero attached hydrogens (tertiary/aromatic N) is 1. The number of hydrogen-bond donors (Lipinski definition) is 1. The Kier molecular flexibility index (Phi) is 38.1. The molecule has 0 atom stereocenters. The van der Waals surface area contributed by atoms with Crippen LogP contribution in [0.4, 0.5) is 0 Å². The molecule has 0 aromatic rings. The van der Waals surface area contributed by atoms with Gasteiger partial charge in [0.05, 0.1) is 6.61 Å². The van der Waals surface area contributed by atoms with Crippen LogP contribution in [0.1, 0.15) is 27.7 Å². The number of hydrogen-bond acceptors (Lipinski definition) is 2. The SMILES string of the molecule is CC.CC.CN(C)CCO. The first-order valence-electron chi connectivity index (χ1n) is 4.03. The fourth-order valence-corrected chi connectivity index (χ4v) is 0.200. The molecule has 2 heteroatoms. The van der Waals surface area contributed by atoms with Crippen molar-refractivity contribution in [3.05, 3.63) is 0 Å². The van der Waals surface area contributed by atoms with Crippen LogP contribution >= 0.6 is 0 Å². The van der Waals surface area contributed by atoms with E-state index in [0.29, 0.717) is 0 Å². The molecule has 2 nitrogen and oxygen atoms in total. The summed E-state index contributed by atoms with van der Waals surface area (Å²) in [6, 6.07) is 0. The molecule has 0 aliphatic carbocycles. The van der Waals surface area contributed by atoms with Crippen LogP contribution in [-0.2, 0) is 0 Å². The Hall–Kier alpha value is -0.0800. The quantitative estimate of drug-likeness (QED) is 0.644. The van der Waals surface area contributed by atoms with Gasteiger partial charge < -0.3 is 10.0 Å². The van der Waals surface area contributed by atoms with Crippen molar-refractivity contribution in [2.24, 2.45) is 0 Å². The van der Waals surface area contributed by atoms with Gasteiger partial charge in [-0.05, 0) is 14.1 Å². The van der Waals surface area contributed by atoms with Crippen LogP contribution in [0.3, 0.4) is 0 Å². The van der Waals surface area contributed by atoms with Gasteiger partial charge in [0.25, 0.3) is 0 Å². The summed E-state index contributed by atoms with van der Waals surface area (Å²) in [6.07, 6.45) is 0. The molecule has 0 heterocycles. The summed E-state index contributed by atoms with van der Waals surface area (Å²) in [7, 11) is 3.85. The van der Waals surface area contributed by atoms with E-state index in [1.165, 1.54) is 0 Å². The molecule has 0 bridgehead atoms. The Morgan fingerprint density at radius 3 is 1.30 bits per heavy atom. The van der Waals surface area contributed by atoms with Crippen LogP contribution in [0, 0.1) is 0 Å². The highest BCUT2D eigenvalue weighted by Gasteiger charge is 1.80. The van der Waals surface area contributed by atoms with Crippen molar-refractivity contribution in [2.45, 2.75) is 27.7 Å². The molecule has 0 aliphatic heterocycles. The first-order valence-corrected chi connectivity index (χ1v) is 4.03. The van der Waals surface area contributed by atoms with E-state index in [9.17, 15) is 0 Å². The lowest BCUT2D eigenvalue weighted by Gasteiger charge is -2.03. The van der Waals surface area contributed by atoms with Gasteiger partial charge in [-0.3, -0.25) is 0 Å². The molecule has 0 amide bonds. The highest BCUT2D eigenvalue weighted by molar-refractivity contribution is 4.34. The molecular weight excluding hydrogens is 126 g/mol. The first kappa shape index (κ1) is 16.5. The van der Waals surface area contributed by atoms with Gasteiger partial charge in [-0.15, -0.1) is 0 Å². The lowest BCUT2D eigenvalue weighted by molar-refractivity contribution is 0.243. The maximum atomic E-state index is 8.20. The minimum absolute atomic E-state index is 0.257. The summed E-state index contributed by atoms with van der Waals surface area (Å²) in [4.78, 5) is 1.93. The van der Waals surface area contributed by atoms with Gasteiger partial charge in [-0.25, -0.2) is 0 Å². The fourth-order valence-electron chi connectivity index (χ4n) is 0.200. The van der Waals surface area contributed by atoms with Crippen LogP contribution in [0.25, 0.3) is 0 Å². The van der Waals surface area contributed by atoms with Gasteiger partial charge in [0, 0.05) is 6.54 Å². The lowest BCUT2D eigenvalue weighted by atomic mass is 10.6. The van der Waals surface area contributed by atoms with Crippen molar-refractivity contribution in [2.75, 3.05) is 27.2 Å². The van der Waals surface area contributed by atoms with Gasteiger partial charge in [-0.1, -0.05) is 27.7 Å². The average molecular weight is 149 g/mol. The maximum Gasteiger partial charge on any atom is 0.0558 e. The fraction of sp³-hybridized carbons (Fsp3) is 1.00. The molecule has 0 rings (SSSR count). The number of aliphatic hydroxyl groups excluding tert-OH is 1. The van der Waals surface area contributed by atoms with Gasteiger partial charge in [0.1, 0.15) is 0 Å². The lowest BCUT2D eigenvalue weighted by Crippen LogP contribution is -2.15. The van der Waals surface area contributed by atoms with E-state index < -0.39 is 0 Å². The number of likely N-dealkylation sites (N-methyl/N-ethyl adjacent to an activating group) is 1. The van der Waals surface area contributed by atoms with E-state index in [1.807, 2.05) is 46.7 Å². The zero-order valence-electron chi connectivity index (χ0n) is 8.31. The molecule has 0 aromatic heterocycles. The summed E-state index contributed by atoms with van der Waals surface area (Å²) >= 11 is 0. The zero-order chi connectivity index (χ0) is 8.99. The summed E-state index contributed by atoms with van der Waals surface area (Å²) in [6.45, 7) is 9.02. The average Bonchev–Trinajstić information content (AvgIpc) is 1.96. The molecule has 0 radical (unpaired) electrons. The van der Waals surface area contributed by atoms with Gasteiger partial charge in [-0.2, -0.15) is 0 Å². The van der Waals surface area contributed by atoms with E-state index in [0.717, 1.165) is 6.54 Å². The van der Waals surface area contributed by atoms with Crippen molar-refractivity contribution in [1.82, 2.24) is 4.90 Å². The Bertz CT molecular complexity index is 30.4. The third-order valence-electron chi connectivity index (χ3n) is 0.547. The molecule has 0 aliphatic rings. The smallest absolute Gasteiger partial charge is 0.0558 e. The first-order chi connectivity index (χ1) is 4.77. The van der Waals surface area contributed by atoms with Gasteiger partial charge >= 0.3 is 0 Å². The molecule has 0 saturated heterocycles. The number of aliphatic hydroxyl groups is 1. The minimum Gasteiger partial charge on any atom is -0.395 e. The van der Waals surface area contributed by atoms with Crippen molar-refractivity contribution in [3.8, 4) is 0 Å². The Morgan fingerprint density at radius 1 is 1.00 bits per heavy atom. The summed E-state index contributed by atoms with van der Waals surface area (Å²) < 4.78 is 0. The summed E-state index contributed by atoms with van der Waals surface area (Å²) in [5, 5.41) is 8.20. The van der Waals surface area contributed by atoms with Crippen LogP contribution in [0.2, 0.25) is 0 Å². The van der Waals surface area contributed by atoms with Crippen LogP contribution in [-0.4, -0.2) is 37.3 Å². The van der Waals surface area contributed by atoms with E-state index in [4.69, 9.17) is 5.11 Å². The van der Waals surface area contributed by atoms with Crippen molar-refractivity contribution in [1.29, 1.82) is 0 Å². The van der Waals surface area contributed by atoms with E-state index in [2.05, 4.69) is 0 Å². The molecule has 0 spiro atoms. The highest BCUT2D eigenvalue weighted by Crippen LogP contribution is 1.66. The normalized spacial score (nSPS) is 7.20. The predicted octanol–water partition coefficient (Wildman–Crippen LogP) is 1.59. The number of rotatable bonds is 2. The Balaban J connectivity index is -0.000000105. The zero-order valence-corrected chi connectivity index (χ0v) is 8.31. The standard InChI is InChI=1S/C4H11NO.2C2H6/c1-5(2)3-4-6;2*1-2/h6H,3-4H2,1-2H3;2*1-2H3. The molecular formula is C8H23NO. The molecule has 0 unspecified atom stereocenters. The topological polar surface area (TPSA) is 23.5 Å². The highest BCUT2D eigenvalue weighted by atomic mass is 16.3. The van der Waals surface area contributed by atoms with Crippen LogP contribution < -0.4 is 0 Å². The van der Waals surface area contributed by atoms with Crippen LogP contribution in [0.15, 0.2) is 0 Å². The Morgan fingerprint density at radius 2 is 1.30 bits per heavy atom. The second-order valence-corrected chi connectivity index (χ2v) is 1.53. The molecule has 0 fully saturated rings. The second kappa shape index (κ2) is 23.1. The van der Waals surface area contributed by atoms with E-state index >= 15 is 0 Å². The van der Waals surface area contributed by atoms with E-state index in [-0.39, 0.29) is 6.61 Å². The Labute approximate surface area is 65.9 Å². The molecule has 66 valence electrons. The molecule has 0 aromatic carbocycles. The largest absolute Gasteiger partial charge is 0.395 e. The third-order valence-corrected chi connectivity index (χ3v) is 0.547. The molecule has 1 N–H and O–H groups in total. The van der Waals surface area contributed by atoms with Crippen molar-refractivity contribution >= 4 is 0 Å². The second-order valence-electron chi connectivity index (χ2n) is 1.53. The third kappa shape index (κ3) is 44.5. The summed E-state index contributed by atoms with van der Waals surface area (Å²) in [5.41, 5.74) is 0. The maximum absolute atomic E-state index is 8.20. The monoisotopic (exact) mass is 149 g/mol. The molecule has 0 saturated carbocycles. The van der Waals surface area contributed by atoms with E-state index in [1.54, 1.807) is 0 Å². The van der Waals surface area contributed by atoms with Gasteiger partial charge in [0.2, 0.25) is 0 Å². The van der Waals surface area contributed by atoms with Crippen molar-refractivity contribution in [3.63, 3.8) is 0 Å². The molecule has 10 heavy (non-hydrogen) atoms. The summed E-state index contributed by atoms with van der Waals surface area (Å²) in [5.74, 6) is 0. The van der Waals surface area contributed by atoms with Crippen molar-refractivity contribution < 1.29 is 5.11 Å². The van der Waals surface area contributed by atoms with Gasteiger partial charge in [0.15, 0.2) is 0 Å². The van der Waals surface area contributed by atoms with Crippen LogP contribution in [0.5, 0.6) is 0 Å². The minimum atomic E-state index is 0.257. The predicted molar refractivity (Wildman–Crippen MR) is 48.3 cm³/mol.